The van der Waals surface area contributed by atoms with Crippen LogP contribution < -0.4 is 16.6 Å². The molecule has 0 radical (unpaired) electrons. The van der Waals surface area contributed by atoms with Crippen LogP contribution in [0.2, 0.25) is 5.02 Å². The summed E-state index contributed by atoms with van der Waals surface area (Å²) in [6.45, 7) is 2.23. The van der Waals surface area contributed by atoms with Gasteiger partial charge in [0.1, 0.15) is 0 Å². The molecule has 1 amide bonds. The van der Waals surface area contributed by atoms with Gasteiger partial charge in [-0.15, -0.1) is 10.2 Å². The highest BCUT2D eigenvalue weighted by Gasteiger charge is 2.24. The third kappa shape index (κ3) is 4.10. The summed E-state index contributed by atoms with van der Waals surface area (Å²) in [5.41, 5.74) is 2.34. The van der Waals surface area contributed by atoms with E-state index in [-0.39, 0.29) is 11.7 Å². The third-order valence-electron chi connectivity index (χ3n) is 5.96. The van der Waals surface area contributed by atoms with E-state index in [0.717, 1.165) is 21.4 Å². The second-order valence-electron chi connectivity index (χ2n) is 8.36. The minimum atomic E-state index is -0.472. The van der Waals surface area contributed by atoms with E-state index in [1.807, 2.05) is 43.3 Å². The number of halogens is 1. The number of hydrogen-bond donors (Lipinski definition) is 1. The summed E-state index contributed by atoms with van der Waals surface area (Å²) < 4.78 is 5.84. The largest absolute Gasteiger partial charge is 0.332 e. The molecule has 0 aliphatic rings. The number of rotatable bonds is 6. The molecule has 10 nitrogen and oxygen atoms in total. The maximum absolute atomic E-state index is 13.2. The lowest BCUT2D eigenvalue weighted by Gasteiger charge is -2.08. The maximum Gasteiger partial charge on any atom is 0.332 e. The second kappa shape index (κ2) is 9.32. The lowest BCUT2D eigenvalue weighted by molar-refractivity contribution is -0.113. The highest BCUT2D eigenvalue weighted by molar-refractivity contribution is 7.99. The predicted octanol–water partition coefficient (Wildman–Crippen LogP) is 2.82. The first kappa shape index (κ1) is 23.9. The SMILES string of the molecule is Cc1ccccc1NC(=O)CSc1nnc2n(Cc3ccc(Cl)cc3)c3c(=O)n(C)c(=O)n(C)c3n12. The van der Waals surface area contributed by atoms with Gasteiger partial charge in [-0.05, 0) is 36.2 Å². The first-order chi connectivity index (χ1) is 17.3. The molecule has 0 unspecified atom stereocenters. The molecule has 0 bridgehead atoms. The van der Waals surface area contributed by atoms with Crippen molar-refractivity contribution in [2.45, 2.75) is 18.6 Å². The number of aryl methyl sites for hydroxylation is 2. The molecule has 0 aliphatic carbocycles. The fraction of sp³-hybridized carbons (Fsp3) is 0.208. The van der Waals surface area contributed by atoms with Crippen molar-refractivity contribution in [1.82, 2.24) is 28.3 Å². The quantitative estimate of drug-likeness (QED) is 0.343. The molecule has 1 N–H and O–H groups in total. The summed E-state index contributed by atoms with van der Waals surface area (Å²) in [5, 5.41) is 12.5. The van der Waals surface area contributed by atoms with Crippen molar-refractivity contribution in [3.8, 4) is 0 Å². The molecular weight excluding hydrogens is 502 g/mol. The molecule has 0 aliphatic heterocycles. The van der Waals surface area contributed by atoms with Crippen LogP contribution in [0.1, 0.15) is 11.1 Å². The number of aromatic nitrogens is 6. The van der Waals surface area contributed by atoms with Crippen LogP contribution in [-0.2, 0) is 25.4 Å². The third-order valence-corrected chi connectivity index (χ3v) is 7.14. The van der Waals surface area contributed by atoms with E-state index in [0.29, 0.717) is 33.7 Å². The van der Waals surface area contributed by atoms with E-state index in [9.17, 15) is 14.4 Å². The minimum absolute atomic E-state index is 0.0672. The zero-order chi connectivity index (χ0) is 25.6. The van der Waals surface area contributed by atoms with Gasteiger partial charge in [-0.2, -0.15) is 0 Å². The molecule has 36 heavy (non-hydrogen) atoms. The lowest BCUT2D eigenvalue weighted by Crippen LogP contribution is -2.37. The second-order valence-corrected chi connectivity index (χ2v) is 9.74. The minimum Gasteiger partial charge on any atom is -0.325 e. The van der Waals surface area contributed by atoms with Crippen molar-refractivity contribution in [2.24, 2.45) is 14.1 Å². The van der Waals surface area contributed by atoms with Gasteiger partial charge in [0.25, 0.3) is 5.56 Å². The standard InChI is InChI=1S/C24H22ClN7O3S/c1-14-6-4-5-7-17(14)26-18(33)13-36-23-28-27-22-31(12-15-8-10-16(25)11-9-15)19-20(32(22)23)29(2)24(35)30(3)21(19)34/h4-11H,12-13H2,1-3H3,(H,26,33). The van der Waals surface area contributed by atoms with Gasteiger partial charge in [-0.25, -0.2) is 9.20 Å². The summed E-state index contributed by atoms with van der Waals surface area (Å²) in [4.78, 5) is 38.6. The number of thioether (sulfide) groups is 1. The Hall–Kier alpha value is -3.83. The van der Waals surface area contributed by atoms with E-state index >= 15 is 0 Å². The lowest BCUT2D eigenvalue weighted by atomic mass is 10.2. The first-order valence-electron chi connectivity index (χ1n) is 11.0. The highest BCUT2D eigenvalue weighted by Crippen LogP contribution is 2.25. The van der Waals surface area contributed by atoms with Crippen LogP contribution in [0.5, 0.6) is 0 Å². The van der Waals surface area contributed by atoms with Gasteiger partial charge in [0, 0.05) is 24.8 Å². The van der Waals surface area contributed by atoms with Crippen molar-refractivity contribution >= 4 is 51.9 Å². The topological polar surface area (TPSA) is 108 Å². The number of para-hydroxylation sites is 1. The molecule has 5 rings (SSSR count). The Labute approximate surface area is 214 Å². The average Bonchev–Trinajstić information content (AvgIpc) is 3.41. The molecule has 3 aromatic heterocycles. The summed E-state index contributed by atoms with van der Waals surface area (Å²) in [6.07, 6.45) is 0. The Morgan fingerprint density at radius 2 is 1.75 bits per heavy atom. The summed E-state index contributed by atoms with van der Waals surface area (Å²) in [7, 11) is 3.03. The summed E-state index contributed by atoms with van der Waals surface area (Å²) in [5.74, 6) is 0.249. The molecule has 0 saturated carbocycles. The zero-order valence-corrected chi connectivity index (χ0v) is 21.3. The Morgan fingerprint density at radius 1 is 1.03 bits per heavy atom. The smallest absolute Gasteiger partial charge is 0.325 e. The molecule has 0 saturated heterocycles. The van der Waals surface area contributed by atoms with Gasteiger partial charge >= 0.3 is 5.69 Å². The van der Waals surface area contributed by atoms with Crippen LogP contribution >= 0.6 is 23.4 Å². The molecule has 3 heterocycles. The van der Waals surface area contributed by atoms with E-state index in [1.165, 1.54) is 23.4 Å². The maximum atomic E-state index is 13.2. The van der Waals surface area contributed by atoms with Crippen LogP contribution in [0.4, 0.5) is 5.69 Å². The van der Waals surface area contributed by atoms with Gasteiger partial charge in [0.05, 0.1) is 12.3 Å². The molecule has 0 atom stereocenters. The highest BCUT2D eigenvalue weighted by atomic mass is 35.5. The number of amides is 1. The first-order valence-corrected chi connectivity index (χ1v) is 12.4. The van der Waals surface area contributed by atoms with Crippen molar-refractivity contribution in [3.63, 3.8) is 0 Å². The van der Waals surface area contributed by atoms with Gasteiger partial charge in [-0.1, -0.05) is 53.7 Å². The van der Waals surface area contributed by atoms with Gasteiger partial charge in [0.2, 0.25) is 11.7 Å². The summed E-state index contributed by atoms with van der Waals surface area (Å²) in [6, 6.07) is 14.8. The normalized spacial score (nSPS) is 11.4. The molecule has 0 fully saturated rings. The number of hydrogen-bond acceptors (Lipinski definition) is 6. The number of nitrogens with zero attached hydrogens (tertiary/aromatic N) is 6. The Bertz CT molecular complexity index is 1750. The van der Waals surface area contributed by atoms with Crippen molar-refractivity contribution in [2.75, 3.05) is 11.1 Å². The van der Waals surface area contributed by atoms with Crippen LogP contribution in [0, 0.1) is 6.92 Å². The zero-order valence-electron chi connectivity index (χ0n) is 19.7. The van der Waals surface area contributed by atoms with Gasteiger partial charge in [0.15, 0.2) is 16.3 Å². The number of fused-ring (bicyclic) bond motifs is 3. The Kier molecular flexibility index (Phi) is 6.19. The summed E-state index contributed by atoms with van der Waals surface area (Å²) >= 11 is 7.20. The van der Waals surface area contributed by atoms with E-state index < -0.39 is 11.2 Å². The number of carbonyl (C=O) groups is 1. The van der Waals surface area contributed by atoms with E-state index in [1.54, 1.807) is 28.1 Å². The van der Waals surface area contributed by atoms with Gasteiger partial charge in [-0.3, -0.25) is 23.3 Å². The molecule has 12 heteroatoms. The van der Waals surface area contributed by atoms with Crippen molar-refractivity contribution < 1.29 is 4.79 Å². The number of imidazole rings is 1. The monoisotopic (exact) mass is 523 g/mol. The molecular formula is C24H22ClN7O3S. The molecule has 2 aromatic carbocycles. The molecule has 5 aromatic rings. The Balaban J connectivity index is 1.58. The van der Waals surface area contributed by atoms with Crippen LogP contribution in [0.15, 0.2) is 63.3 Å². The average molecular weight is 524 g/mol. The number of nitrogens with one attached hydrogen (secondary N) is 1. The Morgan fingerprint density at radius 3 is 2.47 bits per heavy atom. The van der Waals surface area contributed by atoms with Crippen molar-refractivity contribution in [3.05, 3.63) is 85.5 Å². The van der Waals surface area contributed by atoms with Crippen LogP contribution in [-0.4, -0.2) is 40.0 Å². The van der Waals surface area contributed by atoms with Crippen LogP contribution in [0.25, 0.3) is 16.9 Å². The van der Waals surface area contributed by atoms with Gasteiger partial charge < -0.3 is 5.32 Å². The van der Waals surface area contributed by atoms with Crippen molar-refractivity contribution in [1.29, 1.82) is 0 Å². The number of anilines is 1. The van der Waals surface area contributed by atoms with E-state index in [2.05, 4.69) is 15.5 Å². The van der Waals surface area contributed by atoms with E-state index in [4.69, 9.17) is 11.6 Å². The fourth-order valence-corrected chi connectivity index (χ4v) is 4.93. The predicted molar refractivity (Wildman–Crippen MR) is 140 cm³/mol. The number of carbonyl (C=O) groups excluding carboxylic acids is 1. The number of benzene rings is 2. The van der Waals surface area contributed by atoms with Crippen LogP contribution in [0.3, 0.4) is 0 Å². The molecule has 0 spiro atoms. The molecule has 184 valence electrons. The fourth-order valence-electron chi connectivity index (χ4n) is 4.08.